The van der Waals surface area contributed by atoms with Gasteiger partial charge in [-0.15, -0.1) is 0 Å². The summed E-state index contributed by atoms with van der Waals surface area (Å²) in [6.07, 6.45) is 1.44. The second-order valence-corrected chi connectivity index (χ2v) is 4.45. The van der Waals surface area contributed by atoms with Crippen LogP contribution in [0, 0.1) is 5.92 Å². The first-order valence-electron chi connectivity index (χ1n) is 5.06. The van der Waals surface area contributed by atoms with Crippen molar-refractivity contribution in [2.75, 3.05) is 25.5 Å². The maximum absolute atomic E-state index is 11.4. The molecule has 1 rings (SSSR count). The number of carbonyl (C=O) groups excluding carboxylic acids is 1. The summed E-state index contributed by atoms with van der Waals surface area (Å²) in [7, 11) is 3.40. The Kier molecular flexibility index (Phi) is 4.96. The van der Waals surface area contributed by atoms with Crippen molar-refractivity contribution in [1.82, 2.24) is 15.3 Å². The SMILES string of the molecule is CNC(=O)C(C)CN(C)c1nc(Cl)ncc1Cl. The number of nitrogens with one attached hydrogen (secondary N) is 1. The van der Waals surface area contributed by atoms with Crippen LogP contribution in [0.3, 0.4) is 0 Å². The quantitative estimate of drug-likeness (QED) is 0.849. The van der Waals surface area contributed by atoms with Crippen LogP contribution < -0.4 is 10.2 Å². The zero-order chi connectivity index (χ0) is 13.0. The molecule has 1 N–H and O–H groups in total. The number of nitrogens with zero attached hydrogens (tertiary/aromatic N) is 3. The minimum absolute atomic E-state index is 0.0341. The number of carbonyl (C=O) groups is 1. The van der Waals surface area contributed by atoms with Gasteiger partial charge in [0, 0.05) is 20.6 Å². The first-order valence-corrected chi connectivity index (χ1v) is 5.82. The predicted molar refractivity (Wildman–Crippen MR) is 68.6 cm³/mol. The van der Waals surface area contributed by atoms with Crippen LogP contribution in [0.1, 0.15) is 6.92 Å². The average Bonchev–Trinajstić information content (AvgIpc) is 2.30. The molecule has 0 aliphatic heterocycles. The number of hydrogen-bond donors (Lipinski definition) is 1. The minimum atomic E-state index is -0.171. The van der Waals surface area contributed by atoms with Gasteiger partial charge in [0.15, 0.2) is 5.82 Å². The van der Waals surface area contributed by atoms with Gasteiger partial charge >= 0.3 is 0 Å². The summed E-state index contributed by atoms with van der Waals surface area (Å²) in [5.74, 6) is 0.311. The van der Waals surface area contributed by atoms with E-state index >= 15 is 0 Å². The second kappa shape index (κ2) is 6.02. The third kappa shape index (κ3) is 3.71. The fraction of sp³-hybridized carbons (Fsp3) is 0.500. The van der Waals surface area contributed by atoms with Crippen molar-refractivity contribution in [1.29, 1.82) is 0 Å². The first kappa shape index (κ1) is 14.0. The highest BCUT2D eigenvalue weighted by atomic mass is 35.5. The molecule has 0 aliphatic carbocycles. The standard InChI is InChI=1S/C10H14Cl2N4O/c1-6(9(17)13-2)5-16(3)8-7(11)4-14-10(12)15-8/h4,6H,5H2,1-3H3,(H,13,17). The molecule has 1 heterocycles. The summed E-state index contributed by atoms with van der Waals surface area (Å²) in [6.45, 7) is 2.32. The third-order valence-corrected chi connectivity index (χ3v) is 2.75. The molecule has 1 amide bonds. The van der Waals surface area contributed by atoms with Crippen LogP contribution in [0.2, 0.25) is 10.3 Å². The summed E-state index contributed by atoms with van der Waals surface area (Å²) >= 11 is 11.7. The van der Waals surface area contributed by atoms with Gasteiger partial charge in [-0.3, -0.25) is 4.79 Å². The molecule has 0 spiro atoms. The van der Waals surface area contributed by atoms with Crippen LogP contribution in [0.5, 0.6) is 0 Å². The van der Waals surface area contributed by atoms with Gasteiger partial charge in [0.1, 0.15) is 5.02 Å². The molecule has 17 heavy (non-hydrogen) atoms. The monoisotopic (exact) mass is 276 g/mol. The average molecular weight is 277 g/mol. The van der Waals surface area contributed by atoms with E-state index in [9.17, 15) is 4.79 Å². The van der Waals surface area contributed by atoms with Crippen molar-refractivity contribution >= 4 is 34.9 Å². The Hall–Kier alpha value is -1.07. The normalized spacial score (nSPS) is 12.1. The van der Waals surface area contributed by atoms with Crippen molar-refractivity contribution in [2.45, 2.75) is 6.92 Å². The lowest BCUT2D eigenvalue weighted by Gasteiger charge is -2.22. The minimum Gasteiger partial charge on any atom is -0.359 e. The molecule has 0 saturated heterocycles. The Labute approximate surface area is 110 Å². The van der Waals surface area contributed by atoms with Crippen molar-refractivity contribution in [3.05, 3.63) is 16.5 Å². The van der Waals surface area contributed by atoms with Gasteiger partial charge in [-0.25, -0.2) is 4.98 Å². The molecule has 0 fully saturated rings. The molecule has 0 radical (unpaired) electrons. The summed E-state index contributed by atoms with van der Waals surface area (Å²) in [4.78, 5) is 21.0. The van der Waals surface area contributed by atoms with Crippen molar-refractivity contribution in [3.8, 4) is 0 Å². The smallest absolute Gasteiger partial charge is 0.224 e. The molecule has 0 aliphatic rings. The molecule has 1 atom stereocenters. The molecule has 0 aromatic carbocycles. The molecule has 1 aromatic heterocycles. The van der Waals surface area contributed by atoms with E-state index in [1.807, 2.05) is 6.92 Å². The lowest BCUT2D eigenvalue weighted by molar-refractivity contribution is -0.123. The number of rotatable bonds is 4. The second-order valence-electron chi connectivity index (χ2n) is 3.71. The molecule has 1 unspecified atom stereocenters. The van der Waals surface area contributed by atoms with E-state index in [2.05, 4.69) is 15.3 Å². The summed E-state index contributed by atoms with van der Waals surface area (Å²) in [6, 6.07) is 0. The van der Waals surface area contributed by atoms with Gasteiger partial charge in [0.05, 0.1) is 12.1 Å². The Morgan fingerprint density at radius 1 is 1.59 bits per heavy atom. The van der Waals surface area contributed by atoms with Crippen LogP contribution in [0.15, 0.2) is 6.20 Å². The lowest BCUT2D eigenvalue weighted by Crippen LogP contribution is -2.34. The van der Waals surface area contributed by atoms with E-state index in [-0.39, 0.29) is 17.1 Å². The molecule has 0 saturated carbocycles. The van der Waals surface area contributed by atoms with Crippen LogP contribution in [0.25, 0.3) is 0 Å². The molecule has 1 aromatic rings. The van der Waals surface area contributed by atoms with E-state index in [1.165, 1.54) is 6.20 Å². The predicted octanol–water partition coefficient (Wildman–Crippen LogP) is 1.60. The van der Waals surface area contributed by atoms with Gasteiger partial charge in [-0.2, -0.15) is 4.98 Å². The topological polar surface area (TPSA) is 58.1 Å². The van der Waals surface area contributed by atoms with E-state index in [0.717, 1.165) is 0 Å². The number of amides is 1. The summed E-state index contributed by atoms with van der Waals surface area (Å²) in [5, 5.41) is 3.12. The van der Waals surface area contributed by atoms with Crippen molar-refractivity contribution < 1.29 is 4.79 Å². The van der Waals surface area contributed by atoms with E-state index in [1.54, 1.807) is 19.0 Å². The molecule has 0 bridgehead atoms. The van der Waals surface area contributed by atoms with Gasteiger partial charge in [0.2, 0.25) is 11.2 Å². The molecule has 5 nitrogen and oxygen atoms in total. The van der Waals surface area contributed by atoms with Crippen LogP contribution in [-0.2, 0) is 4.79 Å². The highest BCUT2D eigenvalue weighted by Gasteiger charge is 2.16. The van der Waals surface area contributed by atoms with E-state index in [0.29, 0.717) is 17.4 Å². The zero-order valence-corrected chi connectivity index (χ0v) is 11.4. The Balaban J connectivity index is 2.79. The number of aromatic nitrogens is 2. The van der Waals surface area contributed by atoms with E-state index < -0.39 is 0 Å². The molecule has 7 heteroatoms. The molecular formula is C10H14Cl2N4O. The Morgan fingerprint density at radius 3 is 2.82 bits per heavy atom. The number of anilines is 1. The number of halogens is 2. The van der Waals surface area contributed by atoms with Crippen LogP contribution in [0.4, 0.5) is 5.82 Å². The Bertz CT molecular complexity index is 413. The lowest BCUT2D eigenvalue weighted by atomic mass is 10.1. The maximum atomic E-state index is 11.4. The maximum Gasteiger partial charge on any atom is 0.224 e. The van der Waals surface area contributed by atoms with E-state index in [4.69, 9.17) is 23.2 Å². The fourth-order valence-electron chi connectivity index (χ4n) is 1.43. The Morgan fingerprint density at radius 2 is 2.24 bits per heavy atom. The first-order chi connectivity index (χ1) is 7.95. The molecule has 94 valence electrons. The van der Waals surface area contributed by atoms with Crippen LogP contribution in [-0.4, -0.2) is 36.5 Å². The summed E-state index contributed by atoms with van der Waals surface area (Å²) < 4.78 is 0. The van der Waals surface area contributed by atoms with Crippen molar-refractivity contribution in [3.63, 3.8) is 0 Å². The van der Waals surface area contributed by atoms with Gasteiger partial charge < -0.3 is 10.2 Å². The highest BCUT2D eigenvalue weighted by molar-refractivity contribution is 6.33. The summed E-state index contributed by atoms with van der Waals surface area (Å²) in [5.41, 5.74) is 0. The van der Waals surface area contributed by atoms with Crippen LogP contribution >= 0.6 is 23.2 Å². The fourth-order valence-corrected chi connectivity index (χ4v) is 1.80. The number of hydrogen-bond acceptors (Lipinski definition) is 4. The molecular weight excluding hydrogens is 263 g/mol. The van der Waals surface area contributed by atoms with Gasteiger partial charge in [-0.05, 0) is 11.6 Å². The van der Waals surface area contributed by atoms with Gasteiger partial charge in [-0.1, -0.05) is 18.5 Å². The van der Waals surface area contributed by atoms with Gasteiger partial charge in [0.25, 0.3) is 0 Å². The zero-order valence-electron chi connectivity index (χ0n) is 9.87. The third-order valence-electron chi connectivity index (χ3n) is 2.30. The largest absolute Gasteiger partial charge is 0.359 e. The highest BCUT2D eigenvalue weighted by Crippen LogP contribution is 2.23. The van der Waals surface area contributed by atoms with Crippen molar-refractivity contribution in [2.24, 2.45) is 5.92 Å².